The Hall–Kier alpha value is -2.76. The minimum Gasteiger partial charge on any atom is -0.467 e. The third-order valence-corrected chi connectivity index (χ3v) is 2.95. The summed E-state index contributed by atoms with van der Waals surface area (Å²) in [5.74, 6) is 0.542. The lowest BCUT2D eigenvalue weighted by atomic mass is 10.1. The van der Waals surface area contributed by atoms with E-state index in [0.717, 1.165) is 0 Å². The van der Waals surface area contributed by atoms with Crippen molar-refractivity contribution >= 4 is 17.7 Å². The van der Waals surface area contributed by atoms with E-state index in [1.807, 2.05) is 6.07 Å². The van der Waals surface area contributed by atoms with Crippen LogP contribution in [0.25, 0.3) is 0 Å². The smallest absolute Gasteiger partial charge is 0.411 e. The van der Waals surface area contributed by atoms with Gasteiger partial charge in [-0.3, -0.25) is 10.1 Å². The van der Waals surface area contributed by atoms with Crippen molar-refractivity contribution in [3.8, 4) is 0 Å². The lowest BCUT2D eigenvalue weighted by Gasteiger charge is -2.16. The summed E-state index contributed by atoms with van der Waals surface area (Å²) in [6.45, 7) is 2.39. The number of ether oxygens (including phenoxy) is 1. The van der Waals surface area contributed by atoms with Gasteiger partial charge in [0.15, 0.2) is 0 Å². The number of furan rings is 1. The molecule has 1 N–H and O–H groups in total. The number of hydrogen-bond acceptors (Lipinski definition) is 4. The highest BCUT2D eigenvalue weighted by Gasteiger charge is 2.14. The summed E-state index contributed by atoms with van der Waals surface area (Å²) in [4.78, 5) is 25.3. The van der Waals surface area contributed by atoms with Crippen LogP contribution in [0.15, 0.2) is 47.1 Å². The second-order valence-corrected chi connectivity index (χ2v) is 4.67. The minimum absolute atomic E-state index is 0.163. The van der Waals surface area contributed by atoms with Crippen molar-refractivity contribution in [3.05, 3.63) is 54.0 Å². The van der Waals surface area contributed by atoms with Crippen LogP contribution in [0.1, 0.15) is 23.0 Å². The molecule has 0 fully saturated rings. The monoisotopic (exact) mass is 302 g/mol. The average Bonchev–Trinajstić information content (AvgIpc) is 2.99. The van der Waals surface area contributed by atoms with Crippen molar-refractivity contribution in [2.24, 2.45) is 0 Å². The lowest BCUT2D eigenvalue weighted by Crippen LogP contribution is -2.26. The number of carbonyl (C=O) groups is 2. The molecule has 0 radical (unpaired) electrons. The molecule has 0 aliphatic carbocycles. The molecule has 0 bridgehead atoms. The van der Waals surface area contributed by atoms with E-state index in [1.54, 1.807) is 55.5 Å². The van der Waals surface area contributed by atoms with Crippen molar-refractivity contribution < 1.29 is 18.7 Å². The highest BCUT2D eigenvalue weighted by Crippen LogP contribution is 2.14. The summed E-state index contributed by atoms with van der Waals surface area (Å²) in [7, 11) is 1.69. The fraction of sp³-hybridized carbons (Fsp3) is 0.250. The molecule has 0 aliphatic heterocycles. The highest BCUT2D eigenvalue weighted by molar-refractivity contribution is 5.96. The normalized spacial score (nSPS) is 10.1. The Kier molecular flexibility index (Phi) is 5.19. The van der Waals surface area contributed by atoms with Gasteiger partial charge in [-0.2, -0.15) is 0 Å². The van der Waals surface area contributed by atoms with Crippen LogP contribution in [0, 0.1) is 0 Å². The standard InChI is InChI=1S/C16H18N2O4/c1-3-21-16(20)17-13-7-4-6-12(10-13)15(19)18(2)11-14-8-5-9-22-14/h4-10H,3,11H2,1-2H3,(H,17,20). The molecule has 1 heterocycles. The SMILES string of the molecule is CCOC(=O)Nc1cccc(C(=O)N(C)Cc2ccco2)c1. The zero-order chi connectivity index (χ0) is 15.9. The van der Waals surface area contributed by atoms with Gasteiger partial charge in [-0.05, 0) is 37.3 Å². The molecule has 116 valence electrons. The molecule has 1 aromatic heterocycles. The Morgan fingerprint density at radius 3 is 2.77 bits per heavy atom. The van der Waals surface area contributed by atoms with Crippen molar-refractivity contribution in [2.45, 2.75) is 13.5 Å². The van der Waals surface area contributed by atoms with Crippen LogP contribution < -0.4 is 5.32 Å². The minimum atomic E-state index is -0.545. The second kappa shape index (κ2) is 7.31. The first-order valence-corrected chi connectivity index (χ1v) is 6.92. The van der Waals surface area contributed by atoms with Crippen LogP contribution in [0.2, 0.25) is 0 Å². The Labute approximate surface area is 128 Å². The molecule has 1 aromatic carbocycles. The first kappa shape index (κ1) is 15.6. The highest BCUT2D eigenvalue weighted by atomic mass is 16.5. The maximum absolute atomic E-state index is 12.4. The van der Waals surface area contributed by atoms with Crippen LogP contribution >= 0.6 is 0 Å². The van der Waals surface area contributed by atoms with Crippen molar-refractivity contribution in [2.75, 3.05) is 19.0 Å². The van der Waals surface area contributed by atoms with Crippen LogP contribution in [-0.2, 0) is 11.3 Å². The lowest BCUT2D eigenvalue weighted by molar-refractivity contribution is 0.0775. The molecular formula is C16H18N2O4. The molecule has 22 heavy (non-hydrogen) atoms. The zero-order valence-electron chi connectivity index (χ0n) is 12.5. The number of rotatable bonds is 5. The number of amides is 2. The molecular weight excluding hydrogens is 284 g/mol. The van der Waals surface area contributed by atoms with E-state index in [9.17, 15) is 9.59 Å². The van der Waals surface area contributed by atoms with Crippen molar-refractivity contribution in [1.82, 2.24) is 4.90 Å². The first-order chi connectivity index (χ1) is 10.6. The summed E-state index contributed by atoms with van der Waals surface area (Å²) in [5, 5.41) is 2.57. The van der Waals surface area contributed by atoms with Crippen LogP contribution in [0.4, 0.5) is 10.5 Å². The number of anilines is 1. The fourth-order valence-corrected chi connectivity index (χ4v) is 1.94. The second-order valence-electron chi connectivity index (χ2n) is 4.67. The number of hydrogen-bond donors (Lipinski definition) is 1. The van der Waals surface area contributed by atoms with Gasteiger partial charge in [0.1, 0.15) is 5.76 Å². The third kappa shape index (κ3) is 4.12. The molecule has 2 aromatic rings. The predicted molar refractivity (Wildman–Crippen MR) is 81.6 cm³/mol. The van der Waals surface area contributed by atoms with Gasteiger partial charge < -0.3 is 14.1 Å². The van der Waals surface area contributed by atoms with E-state index in [2.05, 4.69) is 5.32 Å². The first-order valence-electron chi connectivity index (χ1n) is 6.92. The van der Waals surface area contributed by atoms with Gasteiger partial charge in [0.05, 0.1) is 19.4 Å². The summed E-state index contributed by atoms with van der Waals surface area (Å²) in [5.41, 5.74) is 0.985. The Morgan fingerprint density at radius 1 is 1.27 bits per heavy atom. The van der Waals surface area contributed by atoms with E-state index in [4.69, 9.17) is 9.15 Å². The zero-order valence-corrected chi connectivity index (χ0v) is 12.5. The van der Waals surface area contributed by atoms with Gasteiger partial charge in [0.25, 0.3) is 5.91 Å². The molecule has 0 aliphatic rings. The van der Waals surface area contributed by atoms with Crippen LogP contribution in [0.5, 0.6) is 0 Å². The fourth-order valence-electron chi connectivity index (χ4n) is 1.94. The predicted octanol–water partition coefficient (Wildman–Crippen LogP) is 3.12. The average molecular weight is 302 g/mol. The van der Waals surface area contributed by atoms with E-state index in [-0.39, 0.29) is 12.5 Å². The molecule has 0 saturated heterocycles. The Balaban J connectivity index is 2.04. The summed E-state index contributed by atoms with van der Waals surface area (Å²) < 4.78 is 10.0. The molecule has 0 unspecified atom stereocenters. The summed E-state index contributed by atoms with van der Waals surface area (Å²) in [6.07, 6.45) is 1.02. The summed E-state index contributed by atoms with van der Waals surface area (Å²) in [6, 6.07) is 10.3. The molecule has 6 heteroatoms. The van der Waals surface area contributed by atoms with E-state index in [0.29, 0.717) is 23.6 Å². The third-order valence-electron chi connectivity index (χ3n) is 2.95. The van der Waals surface area contributed by atoms with Gasteiger partial charge in [-0.25, -0.2) is 4.79 Å². The van der Waals surface area contributed by atoms with Gasteiger partial charge in [0.2, 0.25) is 0 Å². The van der Waals surface area contributed by atoms with Crippen molar-refractivity contribution in [1.29, 1.82) is 0 Å². The molecule has 0 saturated carbocycles. The number of nitrogens with zero attached hydrogens (tertiary/aromatic N) is 1. The van der Waals surface area contributed by atoms with E-state index >= 15 is 0 Å². The molecule has 2 rings (SSSR count). The number of nitrogens with one attached hydrogen (secondary N) is 1. The quantitative estimate of drug-likeness (QED) is 0.921. The summed E-state index contributed by atoms with van der Waals surface area (Å²) >= 11 is 0. The van der Waals surface area contributed by atoms with E-state index < -0.39 is 6.09 Å². The van der Waals surface area contributed by atoms with Crippen LogP contribution in [-0.4, -0.2) is 30.6 Å². The number of benzene rings is 1. The van der Waals surface area contributed by atoms with Gasteiger partial charge in [0, 0.05) is 18.3 Å². The molecule has 6 nitrogen and oxygen atoms in total. The molecule has 0 spiro atoms. The Bertz CT molecular complexity index is 637. The largest absolute Gasteiger partial charge is 0.467 e. The van der Waals surface area contributed by atoms with Crippen molar-refractivity contribution in [3.63, 3.8) is 0 Å². The number of carbonyl (C=O) groups excluding carboxylic acids is 2. The maximum atomic E-state index is 12.4. The van der Waals surface area contributed by atoms with E-state index in [1.165, 1.54) is 0 Å². The van der Waals surface area contributed by atoms with Gasteiger partial charge >= 0.3 is 6.09 Å². The van der Waals surface area contributed by atoms with Crippen LogP contribution in [0.3, 0.4) is 0 Å². The van der Waals surface area contributed by atoms with Gasteiger partial charge in [-0.1, -0.05) is 6.07 Å². The maximum Gasteiger partial charge on any atom is 0.411 e. The Morgan fingerprint density at radius 2 is 2.09 bits per heavy atom. The topological polar surface area (TPSA) is 71.8 Å². The van der Waals surface area contributed by atoms with Gasteiger partial charge in [-0.15, -0.1) is 0 Å². The molecule has 2 amide bonds. The molecule has 0 atom stereocenters.